The predicted molar refractivity (Wildman–Crippen MR) is 77.2 cm³/mol. The number of nitrogens with zero attached hydrogens (tertiary/aromatic N) is 2. The molecule has 0 aliphatic rings. The van der Waals surface area contributed by atoms with Gasteiger partial charge in [-0.3, -0.25) is 0 Å². The Morgan fingerprint density at radius 1 is 1.25 bits per heavy atom. The Labute approximate surface area is 116 Å². The molecule has 1 aromatic heterocycles. The molecule has 3 rings (SSSR count). The smallest absolute Gasteiger partial charge is 0.192 e. The second-order valence-electron chi connectivity index (χ2n) is 4.58. The Balaban J connectivity index is 1.77. The van der Waals surface area contributed by atoms with Gasteiger partial charge in [-0.1, -0.05) is 12.1 Å². The summed E-state index contributed by atoms with van der Waals surface area (Å²) in [4.78, 5) is 4.26. The van der Waals surface area contributed by atoms with Gasteiger partial charge in [0.25, 0.3) is 0 Å². The minimum absolute atomic E-state index is 0.661. The van der Waals surface area contributed by atoms with Crippen LogP contribution in [0.2, 0.25) is 0 Å². The van der Waals surface area contributed by atoms with E-state index in [0.717, 1.165) is 22.4 Å². The summed E-state index contributed by atoms with van der Waals surface area (Å²) in [5, 5.41) is 12.2. The molecule has 0 saturated carbocycles. The molecule has 20 heavy (non-hydrogen) atoms. The van der Waals surface area contributed by atoms with E-state index in [1.165, 1.54) is 0 Å². The van der Waals surface area contributed by atoms with E-state index in [4.69, 9.17) is 9.68 Å². The molecule has 98 valence electrons. The standard InChI is InChI=1S/C16H13N3O/c1-11-19-15-6-5-14(8-16(15)20-11)18-10-13-4-2-3-12(7-13)9-17/h2-8,18H,10H2,1H3. The number of nitriles is 1. The maximum atomic E-state index is 8.88. The lowest BCUT2D eigenvalue weighted by molar-refractivity contribution is 0.561. The number of aryl methyl sites for hydroxylation is 1. The van der Waals surface area contributed by atoms with Gasteiger partial charge in [-0.05, 0) is 29.8 Å². The van der Waals surface area contributed by atoms with Crippen LogP contribution in [0.4, 0.5) is 5.69 Å². The molecule has 4 heteroatoms. The number of rotatable bonds is 3. The largest absolute Gasteiger partial charge is 0.441 e. The summed E-state index contributed by atoms with van der Waals surface area (Å²) >= 11 is 0. The zero-order chi connectivity index (χ0) is 13.9. The van der Waals surface area contributed by atoms with E-state index < -0.39 is 0 Å². The third-order valence-electron chi connectivity index (χ3n) is 3.05. The van der Waals surface area contributed by atoms with E-state index in [1.807, 2.05) is 43.3 Å². The molecule has 0 unspecified atom stereocenters. The first-order valence-corrected chi connectivity index (χ1v) is 6.35. The van der Waals surface area contributed by atoms with Gasteiger partial charge in [0.2, 0.25) is 0 Å². The minimum atomic E-state index is 0.661. The maximum absolute atomic E-state index is 8.88. The molecule has 0 amide bonds. The van der Waals surface area contributed by atoms with Crippen molar-refractivity contribution in [3.63, 3.8) is 0 Å². The van der Waals surface area contributed by atoms with Gasteiger partial charge in [-0.15, -0.1) is 0 Å². The fourth-order valence-electron chi connectivity index (χ4n) is 2.10. The minimum Gasteiger partial charge on any atom is -0.441 e. The highest BCUT2D eigenvalue weighted by molar-refractivity contribution is 5.77. The van der Waals surface area contributed by atoms with Crippen molar-refractivity contribution in [2.45, 2.75) is 13.5 Å². The number of benzene rings is 2. The van der Waals surface area contributed by atoms with E-state index in [-0.39, 0.29) is 0 Å². The molecule has 0 bridgehead atoms. The monoisotopic (exact) mass is 263 g/mol. The normalized spacial score (nSPS) is 10.4. The Kier molecular flexibility index (Phi) is 3.10. The first-order valence-electron chi connectivity index (χ1n) is 6.35. The first-order chi connectivity index (χ1) is 9.74. The molecule has 0 atom stereocenters. The number of aromatic nitrogens is 1. The summed E-state index contributed by atoms with van der Waals surface area (Å²) in [6.45, 7) is 2.49. The Morgan fingerprint density at radius 3 is 3.00 bits per heavy atom. The summed E-state index contributed by atoms with van der Waals surface area (Å²) in [6, 6.07) is 15.5. The summed E-state index contributed by atoms with van der Waals surface area (Å²) in [6.07, 6.45) is 0. The van der Waals surface area contributed by atoms with Crippen LogP contribution in [0.15, 0.2) is 46.9 Å². The molecule has 2 aromatic carbocycles. The second-order valence-corrected chi connectivity index (χ2v) is 4.58. The summed E-state index contributed by atoms with van der Waals surface area (Å²) in [5.41, 5.74) is 4.34. The van der Waals surface area contributed by atoms with Gasteiger partial charge < -0.3 is 9.73 Å². The lowest BCUT2D eigenvalue weighted by Crippen LogP contribution is -1.99. The van der Waals surface area contributed by atoms with Crippen LogP contribution in [0.3, 0.4) is 0 Å². The molecule has 0 saturated heterocycles. The SMILES string of the molecule is Cc1nc2ccc(NCc3cccc(C#N)c3)cc2o1. The van der Waals surface area contributed by atoms with Crippen LogP contribution in [-0.4, -0.2) is 4.98 Å². The van der Waals surface area contributed by atoms with Crippen molar-refractivity contribution in [1.82, 2.24) is 4.98 Å². The van der Waals surface area contributed by atoms with Gasteiger partial charge in [-0.2, -0.15) is 5.26 Å². The Morgan fingerprint density at radius 2 is 2.15 bits per heavy atom. The summed E-state index contributed by atoms with van der Waals surface area (Å²) in [5.74, 6) is 0.666. The Hall–Kier alpha value is -2.80. The van der Waals surface area contributed by atoms with E-state index in [2.05, 4.69) is 16.4 Å². The predicted octanol–water partition coefficient (Wildman–Crippen LogP) is 3.62. The van der Waals surface area contributed by atoms with E-state index in [9.17, 15) is 0 Å². The van der Waals surface area contributed by atoms with E-state index >= 15 is 0 Å². The van der Waals surface area contributed by atoms with Crippen molar-refractivity contribution in [3.05, 3.63) is 59.5 Å². The number of fused-ring (bicyclic) bond motifs is 1. The van der Waals surface area contributed by atoms with E-state index in [1.54, 1.807) is 6.07 Å². The number of hydrogen-bond donors (Lipinski definition) is 1. The average molecular weight is 263 g/mol. The van der Waals surface area contributed by atoms with Crippen molar-refractivity contribution in [1.29, 1.82) is 5.26 Å². The van der Waals surface area contributed by atoms with Gasteiger partial charge in [0.05, 0.1) is 11.6 Å². The molecular weight excluding hydrogens is 250 g/mol. The maximum Gasteiger partial charge on any atom is 0.192 e. The van der Waals surface area contributed by atoms with Gasteiger partial charge in [0.15, 0.2) is 11.5 Å². The van der Waals surface area contributed by atoms with Gasteiger partial charge in [0, 0.05) is 25.2 Å². The van der Waals surface area contributed by atoms with Crippen LogP contribution in [0.5, 0.6) is 0 Å². The molecular formula is C16H13N3O. The second kappa shape index (κ2) is 5.06. The fourth-order valence-corrected chi connectivity index (χ4v) is 2.10. The lowest BCUT2D eigenvalue weighted by Gasteiger charge is -2.06. The number of hydrogen-bond acceptors (Lipinski definition) is 4. The molecule has 1 heterocycles. The lowest BCUT2D eigenvalue weighted by atomic mass is 10.1. The van der Waals surface area contributed by atoms with Gasteiger partial charge >= 0.3 is 0 Å². The van der Waals surface area contributed by atoms with Crippen molar-refractivity contribution in [2.24, 2.45) is 0 Å². The van der Waals surface area contributed by atoms with Crippen molar-refractivity contribution in [2.75, 3.05) is 5.32 Å². The third kappa shape index (κ3) is 2.47. The topological polar surface area (TPSA) is 61.9 Å². The zero-order valence-electron chi connectivity index (χ0n) is 11.1. The van der Waals surface area contributed by atoms with Crippen LogP contribution >= 0.6 is 0 Å². The average Bonchev–Trinajstić information content (AvgIpc) is 2.84. The van der Waals surface area contributed by atoms with Crippen LogP contribution in [-0.2, 0) is 6.54 Å². The van der Waals surface area contributed by atoms with E-state index in [0.29, 0.717) is 18.0 Å². The molecule has 3 aromatic rings. The van der Waals surface area contributed by atoms with Crippen LogP contribution in [0, 0.1) is 18.3 Å². The van der Waals surface area contributed by atoms with Crippen LogP contribution in [0.1, 0.15) is 17.0 Å². The highest BCUT2D eigenvalue weighted by Gasteiger charge is 2.03. The molecule has 0 fully saturated rings. The number of nitrogens with one attached hydrogen (secondary N) is 1. The third-order valence-corrected chi connectivity index (χ3v) is 3.05. The molecule has 0 radical (unpaired) electrons. The van der Waals surface area contributed by atoms with Crippen LogP contribution in [0.25, 0.3) is 11.1 Å². The highest BCUT2D eigenvalue weighted by atomic mass is 16.3. The molecule has 1 N–H and O–H groups in total. The summed E-state index contributed by atoms with van der Waals surface area (Å²) in [7, 11) is 0. The molecule has 0 aliphatic carbocycles. The van der Waals surface area contributed by atoms with Crippen molar-refractivity contribution in [3.8, 4) is 6.07 Å². The van der Waals surface area contributed by atoms with Gasteiger partial charge in [-0.25, -0.2) is 4.98 Å². The highest BCUT2D eigenvalue weighted by Crippen LogP contribution is 2.20. The summed E-state index contributed by atoms with van der Waals surface area (Å²) < 4.78 is 5.50. The Bertz CT molecular complexity index is 799. The number of oxazole rings is 1. The zero-order valence-corrected chi connectivity index (χ0v) is 11.1. The number of anilines is 1. The van der Waals surface area contributed by atoms with Crippen molar-refractivity contribution >= 4 is 16.8 Å². The fraction of sp³-hybridized carbons (Fsp3) is 0.125. The van der Waals surface area contributed by atoms with Crippen LogP contribution < -0.4 is 5.32 Å². The molecule has 0 spiro atoms. The quantitative estimate of drug-likeness (QED) is 0.784. The first kappa shape index (κ1) is 12.2. The van der Waals surface area contributed by atoms with Gasteiger partial charge in [0.1, 0.15) is 5.52 Å². The van der Waals surface area contributed by atoms with Crippen molar-refractivity contribution < 1.29 is 4.42 Å². The molecule has 4 nitrogen and oxygen atoms in total. The molecule has 0 aliphatic heterocycles.